The predicted molar refractivity (Wildman–Crippen MR) is 101 cm³/mol. The highest BCUT2D eigenvalue weighted by atomic mass is 16.2. The smallest absolute Gasteiger partial charge is 0.316 e. The van der Waals surface area contributed by atoms with E-state index in [4.69, 9.17) is 0 Å². The summed E-state index contributed by atoms with van der Waals surface area (Å²) in [6.07, 6.45) is 1.81. The topological polar surface area (TPSA) is 49.4 Å². The van der Waals surface area contributed by atoms with Crippen molar-refractivity contribution in [3.8, 4) is 0 Å². The molecule has 0 saturated carbocycles. The number of para-hydroxylation sites is 2. The highest BCUT2D eigenvalue weighted by molar-refractivity contribution is 6.44. The fourth-order valence-electron chi connectivity index (χ4n) is 3.38. The normalized spacial score (nSPS) is 13.5. The lowest BCUT2D eigenvalue weighted by molar-refractivity contribution is -0.134. The van der Waals surface area contributed by atoms with Gasteiger partial charge in [0.2, 0.25) is 0 Å². The quantitative estimate of drug-likeness (QED) is 0.842. The largest absolute Gasteiger partial charge is 0.317 e. The average Bonchev–Trinajstić information content (AvgIpc) is 2.62. The summed E-state index contributed by atoms with van der Waals surface area (Å²) in [5.74, 6) is -0.806. The Kier molecular flexibility index (Phi) is 4.88. The van der Waals surface area contributed by atoms with Gasteiger partial charge in [-0.2, -0.15) is 0 Å². The molecule has 0 aliphatic carbocycles. The Morgan fingerprint density at radius 3 is 2.60 bits per heavy atom. The molecule has 2 aromatic carbocycles. The molecule has 0 radical (unpaired) electrons. The molecule has 0 atom stereocenters. The van der Waals surface area contributed by atoms with Crippen LogP contribution in [0.3, 0.4) is 0 Å². The van der Waals surface area contributed by atoms with Gasteiger partial charge < -0.3 is 10.2 Å². The van der Waals surface area contributed by atoms with E-state index in [-0.39, 0.29) is 5.92 Å². The van der Waals surface area contributed by atoms with Crippen LogP contribution in [0.15, 0.2) is 42.5 Å². The van der Waals surface area contributed by atoms with Crippen LogP contribution in [-0.2, 0) is 16.0 Å². The van der Waals surface area contributed by atoms with Gasteiger partial charge in [-0.25, -0.2) is 0 Å². The SMILES string of the molecule is Cc1cccc(C(C)C)c1NC(=O)C(=O)N1CCCc2ccccc21. The van der Waals surface area contributed by atoms with Crippen LogP contribution in [0.1, 0.15) is 42.9 Å². The van der Waals surface area contributed by atoms with Gasteiger partial charge in [0.25, 0.3) is 0 Å². The molecule has 0 spiro atoms. The number of hydrogen-bond donors (Lipinski definition) is 1. The Labute approximate surface area is 148 Å². The molecule has 130 valence electrons. The second kappa shape index (κ2) is 7.09. The second-order valence-corrected chi connectivity index (χ2v) is 6.84. The number of carbonyl (C=O) groups is 2. The van der Waals surface area contributed by atoms with Gasteiger partial charge in [0.15, 0.2) is 0 Å². The number of anilines is 2. The van der Waals surface area contributed by atoms with Gasteiger partial charge in [-0.05, 0) is 48.4 Å². The summed E-state index contributed by atoms with van der Waals surface area (Å²) in [6.45, 7) is 6.68. The maximum absolute atomic E-state index is 12.8. The van der Waals surface area contributed by atoms with Gasteiger partial charge in [-0.1, -0.05) is 50.2 Å². The zero-order valence-corrected chi connectivity index (χ0v) is 15.0. The second-order valence-electron chi connectivity index (χ2n) is 6.84. The molecule has 0 aromatic heterocycles. The number of fused-ring (bicyclic) bond motifs is 1. The monoisotopic (exact) mass is 336 g/mol. The van der Waals surface area contributed by atoms with Crippen LogP contribution in [0.2, 0.25) is 0 Å². The minimum absolute atomic E-state index is 0.265. The van der Waals surface area contributed by atoms with Crippen LogP contribution in [0.5, 0.6) is 0 Å². The number of nitrogens with one attached hydrogen (secondary N) is 1. The van der Waals surface area contributed by atoms with Crippen molar-refractivity contribution >= 4 is 23.2 Å². The van der Waals surface area contributed by atoms with Crippen molar-refractivity contribution in [3.63, 3.8) is 0 Å². The molecule has 0 saturated heterocycles. The van der Waals surface area contributed by atoms with E-state index in [1.807, 2.05) is 49.4 Å². The van der Waals surface area contributed by atoms with Gasteiger partial charge >= 0.3 is 11.8 Å². The summed E-state index contributed by atoms with van der Waals surface area (Å²) < 4.78 is 0. The Morgan fingerprint density at radius 1 is 1.08 bits per heavy atom. The van der Waals surface area contributed by atoms with E-state index in [1.165, 1.54) is 0 Å². The van der Waals surface area contributed by atoms with E-state index in [2.05, 4.69) is 19.2 Å². The Morgan fingerprint density at radius 2 is 1.84 bits per heavy atom. The lowest BCUT2D eigenvalue weighted by atomic mass is 9.98. The zero-order chi connectivity index (χ0) is 18.0. The molecule has 0 unspecified atom stereocenters. The molecule has 2 aromatic rings. The first-order chi connectivity index (χ1) is 12.0. The van der Waals surface area contributed by atoms with Crippen LogP contribution < -0.4 is 10.2 Å². The number of rotatable bonds is 2. The molecule has 1 aliphatic heterocycles. The summed E-state index contributed by atoms with van der Waals surface area (Å²) in [6, 6.07) is 13.7. The van der Waals surface area contributed by atoms with E-state index in [0.29, 0.717) is 6.54 Å². The first-order valence-electron chi connectivity index (χ1n) is 8.79. The van der Waals surface area contributed by atoms with E-state index in [0.717, 1.165) is 40.9 Å². The van der Waals surface area contributed by atoms with Crippen molar-refractivity contribution in [2.45, 2.75) is 39.5 Å². The van der Waals surface area contributed by atoms with Crippen molar-refractivity contribution in [2.24, 2.45) is 0 Å². The fraction of sp³-hybridized carbons (Fsp3) is 0.333. The minimum Gasteiger partial charge on any atom is -0.317 e. The summed E-state index contributed by atoms with van der Waals surface area (Å²) in [5, 5.41) is 2.86. The minimum atomic E-state index is -0.576. The molecule has 0 fully saturated rings. The summed E-state index contributed by atoms with van der Waals surface area (Å²) in [5.41, 5.74) is 4.73. The number of aryl methyl sites for hydroxylation is 2. The Bertz CT molecular complexity index is 811. The molecule has 2 amide bonds. The van der Waals surface area contributed by atoms with Gasteiger partial charge in [-0.3, -0.25) is 9.59 Å². The highest BCUT2D eigenvalue weighted by Gasteiger charge is 2.28. The first-order valence-corrected chi connectivity index (χ1v) is 8.79. The number of hydrogen-bond acceptors (Lipinski definition) is 2. The fourth-order valence-corrected chi connectivity index (χ4v) is 3.38. The van der Waals surface area contributed by atoms with E-state index in [1.54, 1.807) is 4.90 Å². The number of benzene rings is 2. The van der Waals surface area contributed by atoms with Crippen LogP contribution in [-0.4, -0.2) is 18.4 Å². The standard InChI is InChI=1S/C21H24N2O2/c1-14(2)17-11-6-8-15(3)19(17)22-20(24)21(25)23-13-7-10-16-9-4-5-12-18(16)23/h4-6,8-9,11-12,14H,7,10,13H2,1-3H3,(H,22,24). The van der Waals surface area contributed by atoms with Crippen LogP contribution in [0.4, 0.5) is 11.4 Å². The van der Waals surface area contributed by atoms with Crippen molar-refractivity contribution in [1.82, 2.24) is 0 Å². The van der Waals surface area contributed by atoms with Gasteiger partial charge in [-0.15, -0.1) is 0 Å². The predicted octanol–water partition coefficient (Wildman–Crippen LogP) is 4.04. The van der Waals surface area contributed by atoms with E-state index < -0.39 is 11.8 Å². The third-order valence-corrected chi connectivity index (χ3v) is 4.72. The van der Waals surface area contributed by atoms with Crippen molar-refractivity contribution in [3.05, 3.63) is 59.2 Å². The molecule has 1 aliphatic rings. The number of nitrogens with zero attached hydrogens (tertiary/aromatic N) is 1. The average molecular weight is 336 g/mol. The Balaban J connectivity index is 1.85. The Hall–Kier alpha value is -2.62. The molecular formula is C21H24N2O2. The van der Waals surface area contributed by atoms with Crippen molar-refractivity contribution in [1.29, 1.82) is 0 Å². The molecular weight excluding hydrogens is 312 g/mol. The van der Waals surface area contributed by atoms with Crippen LogP contribution >= 0.6 is 0 Å². The molecule has 3 rings (SSSR count). The molecule has 4 nitrogen and oxygen atoms in total. The number of carbonyl (C=O) groups excluding carboxylic acids is 2. The van der Waals surface area contributed by atoms with Gasteiger partial charge in [0, 0.05) is 17.9 Å². The highest BCUT2D eigenvalue weighted by Crippen LogP contribution is 2.29. The maximum atomic E-state index is 12.8. The number of amides is 2. The third kappa shape index (κ3) is 3.43. The van der Waals surface area contributed by atoms with Crippen LogP contribution in [0.25, 0.3) is 0 Å². The lowest BCUT2D eigenvalue weighted by Gasteiger charge is -2.29. The summed E-state index contributed by atoms with van der Waals surface area (Å²) >= 11 is 0. The van der Waals surface area contributed by atoms with Gasteiger partial charge in [0.1, 0.15) is 0 Å². The molecule has 1 heterocycles. The molecule has 0 bridgehead atoms. The maximum Gasteiger partial charge on any atom is 0.316 e. The first kappa shape index (κ1) is 17.2. The van der Waals surface area contributed by atoms with Crippen LogP contribution in [0, 0.1) is 6.92 Å². The molecule has 25 heavy (non-hydrogen) atoms. The van der Waals surface area contributed by atoms with E-state index >= 15 is 0 Å². The summed E-state index contributed by atoms with van der Waals surface area (Å²) in [7, 11) is 0. The van der Waals surface area contributed by atoms with Gasteiger partial charge in [0.05, 0.1) is 0 Å². The van der Waals surface area contributed by atoms with Crippen molar-refractivity contribution in [2.75, 3.05) is 16.8 Å². The zero-order valence-electron chi connectivity index (χ0n) is 15.0. The third-order valence-electron chi connectivity index (χ3n) is 4.72. The molecule has 4 heteroatoms. The molecule has 1 N–H and O–H groups in total. The lowest BCUT2D eigenvalue weighted by Crippen LogP contribution is -2.42. The van der Waals surface area contributed by atoms with Crippen molar-refractivity contribution < 1.29 is 9.59 Å². The summed E-state index contributed by atoms with van der Waals surface area (Å²) in [4.78, 5) is 27.0. The van der Waals surface area contributed by atoms with E-state index in [9.17, 15) is 9.59 Å².